The van der Waals surface area contributed by atoms with E-state index in [4.69, 9.17) is 5.26 Å². The molecule has 1 aliphatic heterocycles. The molecular weight excluding hydrogens is 431 g/mol. The van der Waals surface area contributed by atoms with Crippen LogP contribution in [0, 0.1) is 11.3 Å². The van der Waals surface area contributed by atoms with Crippen molar-refractivity contribution >= 4 is 17.7 Å². The maximum atomic E-state index is 13.5. The number of hydrogen-bond acceptors (Lipinski definition) is 5. The standard InChI is InChI=1S/C25H24F3N3O2/c1-17-30(21-11-8-19(16-29)22(15-21)25(26,27)28)23(33)24(12-4-13-24)31(17)20-9-6-18(7-10-20)5-2-3-14-32/h6-11,14-15,23,33H,1-5,12-13H2. The number of halogens is 3. The first kappa shape index (κ1) is 22.9. The van der Waals surface area contributed by atoms with Gasteiger partial charge < -0.3 is 14.8 Å². The van der Waals surface area contributed by atoms with Crippen LogP contribution in [0.15, 0.2) is 54.9 Å². The summed E-state index contributed by atoms with van der Waals surface area (Å²) in [7, 11) is 0. The van der Waals surface area contributed by atoms with E-state index in [1.54, 1.807) is 6.07 Å². The van der Waals surface area contributed by atoms with E-state index < -0.39 is 29.1 Å². The number of aryl methyl sites for hydroxylation is 1. The Morgan fingerprint density at radius 2 is 1.85 bits per heavy atom. The molecule has 0 bridgehead atoms. The van der Waals surface area contributed by atoms with E-state index in [0.717, 1.165) is 48.9 Å². The van der Waals surface area contributed by atoms with Crippen LogP contribution >= 0.6 is 0 Å². The van der Waals surface area contributed by atoms with Gasteiger partial charge in [-0.1, -0.05) is 18.7 Å². The number of aldehydes is 1. The summed E-state index contributed by atoms with van der Waals surface area (Å²) in [6, 6.07) is 12.8. The quantitative estimate of drug-likeness (QED) is 0.483. The number of carbonyl (C=O) groups excluding carboxylic acids is 1. The Morgan fingerprint density at radius 3 is 2.39 bits per heavy atom. The van der Waals surface area contributed by atoms with Crippen LogP contribution in [-0.4, -0.2) is 23.2 Å². The number of benzene rings is 2. The second kappa shape index (κ2) is 8.56. The molecule has 0 amide bonds. The van der Waals surface area contributed by atoms with Crippen LogP contribution in [-0.2, 0) is 17.4 Å². The highest BCUT2D eigenvalue weighted by molar-refractivity contribution is 5.70. The van der Waals surface area contributed by atoms with E-state index in [1.807, 2.05) is 29.2 Å². The third kappa shape index (κ3) is 3.87. The summed E-state index contributed by atoms with van der Waals surface area (Å²) in [5.41, 5.74) is -0.174. The maximum absolute atomic E-state index is 13.5. The number of hydrogen-bond donors (Lipinski definition) is 1. The minimum absolute atomic E-state index is 0.137. The van der Waals surface area contributed by atoms with Crippen molar-refractivity contribution in [3.8, 4) is 6.07 Å². The van der Waals surface area contributed by atoms with E-state index in [2.05, 4.69) is 6.58 Å². The molecule has 8 heteroatoms. The lowest BCUT2D eigenvalue weighted by atomic mass is 9.74. The minimum Gasteiger partial charge on any atom is -0.371 e. The molecule has 33 heavy (non-hydrogen) atoms. The van der Waals surface area contributed by atoms with Crippen LogP contribution in [0.5, 0.6) is 0 Å². The van der Waals surface area contributed by atoms with Crippen LogP contribution in [0.25, 0.3) is 0 Å². The summed E-state index contributed by atoms with van der Waals surface area (Å²) >= 11 is 0. The normalized spacial score (nSPS) is 19.5. The van der Waals surface area contributed by atoms with Gasteiger partial charge in [0.2, 0.25) is 0 Å². The monoisotopic (exact) mass is 455 g/mol. The van der Waals surface area contributed by atoms with Crippen LogP contribution in [0.3, 0.4) is 0 Å². The average Bonchev–Trinajstić information content (AvgIpc) is 3.00. The Kier molecular flexibility index (Phi) is 5.93. The molecule has 1 heterocycles. The van der Waals surface area contributed by atoms with Crippen molar-refractivity contribution in [2.24, 2.45) is 0 Å². The lowest BCUT2D eigenvalue weighted by Gasteiger charge is -2.47. The number of nitriles is 1. The molecule has 1 atom stereocenters. The highest BCUT2D eigenvalue weighted by atomic mass is 19.4. The van der Waals surface area contributed by atoms with E-state index >= 15 is 0 Å². The minimum atomic E-state index is -4.69. The van der Waals surface area contributed by atoms with Gasteiger partial charge in [0, 0.05) is 17.8 Å². The lowest BCUT2D eigenvalue weighted by molar-refractivity contribution is -0.137. The van der Waals surface area contributed by atoms with Crippen molar-refractivity contribution in [2.75, 3.05) is 9.80 Å². The number of nitrogens with zero attached hydrogens (tertiary/aromatic N) is 3. The van der Waals surface area contributed by atoms with Crippen LogP contribution in [0.2, 0.25) is 0 Å². The Morgan fingerprint density at radius 1 is 1.18 bits per heavy atom. The molecule has 172 valence electrons. The van der Waals surface area contributed by atoms with Crippen molar-refractivity contribution in [3.05, 3.63) is 71.6 Å². The predicted molar refractivity (Wildman–Crippen MR) is 118 cm³/mol. The van der Waals surface area contributed by atoms with Crippen molar-refractivity contribution in [3.63, 3.8) is 0 Å². The number of alkyl halides is 3. The topological polar surface area (TPSA) is 67.6 Å². The van der Waals surface area contributed by atoms with Crippen LogP contribution in [0.1, 0.15) is 48.8 Å². The summed E-state index contributed by atoms with van der Waals surface area (Å²) in [4.78, 5) is 13.9. The van der Waals surface area contributed by atoms with Gasteiger partial charge in [-0.3, -0.25) is 4.90 Å². The average molecular weight is 455 g/mol. The number of anilines is 2. The molecule has 1 saturated heterocycles. The van der Waals surface area contributed by atoms with Crippen molar-refractivity contribution in [1.29, 1.82) is 5.26 Å². The zero-order chi connectivity index (χ0) is 23.8. The molecule has 0 radical (unpaired) electrons. The van der Waals surface area contributed by atoms with Gasteiger partial charge in [0.1, 0.15) is 12.1 Å². The van der Waals surface area contributed by atoms with Gasteiger partial charge in [-0.05, 0) is 68.0 Å². The van der Waals surface area contributed by atoms with Crippen LogP contribution < -0.4 is 9.80 Å². The second-order valence-electron chi connectivity index (χ2n) is 8.52. The fraction of sp³-hybridized carbons (Fsp3) is 0.360. The molecule has 4 rings (SSSR count). The molecule has 5 nitrogen and oxygen atoms in total. The van der Waals surface area contributed by atoms with Gasteiger partial charge in [0.15, 0.2) is 6.23 Å². The molecular formula is C25H24F3N3O2. The summed E-state index contributed by atoms with van der Waals surface area (Å²) in [6.07, 6.45) is -0.617. The second-order valence-corrected chi connectivity index (χ2v) is 8.52. The zero-order valence-electron chi connectivity index (χ0n) is 18.0. The first-order chi connectivity index (χ1) is 15.7. The zero-order valence-corrected chi connectivity index (χ0v) is 18.0. The largest absolute Gasteiger partial charge is 0.417 e. The Balaban J connectivity index is 1.69. The molecule has 1 saturated carbocycles. The third-order valence-electron chi connectivity index (χ3n) is 6.62. The molecule has 2 fully saturated rings. The predicted octanol–water partition coefficient (Wildman–Crippen LogP) is 5.14. The molecule has 1 unspecified atom stereocenters. The Hall–Kier alpha value is -3.31. The molecule has 0 aromatic heterocycles. The number of aliphatic hydroxyl groups is 1. The number of aliphatic hydroxyl groups excluding tert-OH is 1. The van der Waals surface area contributed by atoms with Crippen molar-refractivity contribution in [1.82, 2.24) is 0 Å². The van der Waals surface area contributed by atoms with Gasteiger partial charge in [-0.15, -0.1) is 0 Å². The SMILES string of the molecule is C=C1N(c2ccc(C#N)c(C(F)(F)F)c2)C(O)C2(CCC2)N1c1ccc(CCCC=O)cc1. The van der Waals surface area contributed by atoms with E-state index in [-0.39, 0.29) is 5.69 Å². The molecule has 1 N–H and O–H groups in total. The van der Waals surface area contributed by atoms with Gasteiger partial charge >= 0.3 is 6.18 Å². The Labute approximate surface area is 190 Å². The maximum Gasteiger partial charge on any atom is 0.417 e. The van der Waals surface area contributed by atoms with E-state index in [9.17, 15) is 23.1 Å². The summed E-state index contributed by atoms with van der Waals surface area (Å²) in [5.74, 6) is 0.383. The number of rotatable bonds is 6. The first-order valence-corrected chi connectivity index (χ1v) is 10.8. The van der Waals surface area contributed by atoms with Crippen molar-refractivity contribution in [2.45, 2.75) is 56.5 Å². The van der Waals surface area contributed by atoms with Gasteiger partial charge in [0.05, 0.1) is 22.7 Å². The molecule has 2 aliphatic rings. The first-order valence-electron chi connectivity index (χ1n) is 10.8. The molecule has 1 spiro atoms. The fourth-order valence-corrected chi connectivity index (χ4v) is 4.79. The highest BCUT2D eigenvalue weighted by Gasteiger charge is 2.58. The Bertz CT molecular complexity index is 1100. The van der Waals surface area contributed by atoms with Gasteiger partial charge in [-0.25, -0.2) is 0 Å². The molecule has 2 aromatic rings. The van der Waals surface area contributed by atoms with Gasteiger partial charge in [0.25, 0.3) is 0 Å². The van der Waals surface area contributed by atoms with Crippen molar-refractivity contribution < 1.29 is 23.1 Å². The molecule has 1 aliphatic carbocycles. The fourth-order valence-electron chi connectivity index (χ4n) is 4.79. The van der Waals surface area contributed by atoms with E-state index in [0.29, 0.717) is 25.1 Å². The number of carbonyl (C=O) groups is 1. The van der Waals surface area contributed by atoms with E-state index in [1.165, 1.54) is 11.0 Å². The lowest BCUT2D eigenvalue weighted by Crippen LogP contribution is -2.57. The van der Waals surface area contributed by atoms with Crippen LogP contribution in [0.4, 0.5) is 24.5 Å². The highest BCUT2D eigenvalue weighted by Crippen LogP contribution is 2.52. The number of unbranched alkanes of at least 4 members (excludes halogenated alkanes) is 1. The summed E-state index contributed by atoms with van der Waals surface area (Å²) in [6.45, 7) is 4.12. The summed E-state index contributed by atoms with van der Waals surface area (Å²) < 4.78 is 40.6. The van der Waals surface area contributed by atoms with Gasteiger partial charge in [-0.2, -0.15) is 18.4 Å². The molecule has 2 aromatic carbocycles. The summed E-state index contributed by atoms with van der Waals surface area (Å²) in [5, 5.41) is 20.4. The smallest absolute Gasteiger partial charge is 0.371 e. The third-order valence-corrected chi connectivity index (χ3v) is 6.62.